The summed E-state index contributed by atoms with van der Waals surface area (Å²) in [4.78, 5) is 24.8. The SMILES string of the molecule is CC(C)=CCOc1ccc2c(-c3cc4cc(Br)ccc4oc3=O)cc(=O)oc2c1. The molecule has 0 amide bonds. The summed E-state index contributed by atoms with van der Waals surface area (Å²) in [5, 5.41) is 1.37. The Morgan fingerprint density at radius 2 is 1.79 bits per heavy atom. The predicted octanol–water partition coefficient (Wildman–Crippen LogP) is 5.67. The van der Waals surface area contributed by atoms with Crippen molar-refractivity contribution < 1.29 is 13.6 Å². The van der Waals surface area contributed by atoms with Crippen molar-refractivity contribution in [2.75, 3.05) is 6.61 Å². The van der Waals surface area contributed by atoms with Crippen LogP contribution < -0.4 is 16.0 Å². The lowest BCUT2D eigenvalue weighted by Crippen LogP contribution is -2.06. The topological polar surface area (TPSA) is 69.7 Å². The highest BCUT2D eigenvalue weighted by Gasteiger charge is 2.14. The smallest absolute Gasteiger partial charge is 0.344 e. The highest BCUT2D eigenvalue weighted by molar-refractivity contribution is 9.10. The first kappa shape index (κ1) is 19.2. The van der Waals surface area contributed by atoms with Crippen molar-refractivity contribution >= 4 is 37.9 Å². The molecule has 0 saturated carbocycles. The molecule has 0 atom stereocenters. The van der Waals surface area contributed by atoms with Gasteiger partial charge >= 0.3 is 11.3 Å². The molecular formula is C23H17BrO5. The lowest BCUT2D eigenvalue weighted by Gasteiger charge is -2.08. The number of halogens is 1. The van der Waals surface area contributed by atoms with Crippen LogP contribution in [0.3, 0.4) is 0 Å². The number of benzene rings is 2. The molecular weight excluding hydrogens is 436 g/mol. The Morgan fingerprint density at radius 3 is 2.59 bits per heavy atom. The van der Waals surface area contributed by atoms with Crippen LogP contribution in [0.2, 0.25) is 0 Å². The first-order valence-electron chi connectivity index (χ1n) is 8.98. The van der Waals surface area contributed by atoms with Gasteiger partial charge in [0, 0.05) is 32.9 Å². The van der Waals surface area contributed by atoms with Crippen molar-refractivity contribution in [3.63, 3.8) is 0 Å². The molecule has 0 unspecified atom stereocenters. The van der Waals surface area contributed by atoms with Crippen LogP contribution in [0.5, 0.6) is 5.75 Å². The van der Waals surface area contributed by atoms with Crippen LogP contribution >= 0.6 is 15.9 Å². The van der Waals surface area contributed by atoms with Gasteiger partial charge in [-0.2, -0.15) is 0 Å². The van der Waals surface area contributed by atoms with Crippen LogP contribution in [-0.2, 0) is 0 Å². The van der Waals surface area contributed by atoms with E-state index in [1.54, 1.807) is 36.4 Å². The van der Waals surface area contributed by atoms with Crippen molar-refractivity contribution in [3.8, 4) is 16.9 Å². The van der Waals surface area contributed by atoms with Gasteiger partial charge in [0.15, 0.2) is 0 Å². The van der Waals surface area contributed by atoms with E-state index in [4.69, 9.17) is 13.6 Å². The molecule has 0 fully saturated rings. The Morgan fingerprint density at radius 1 is 0.966 bits per heavy atom. The zero-order valence-corrected chi connectivity index (χ0v) is 17.4. The van der Waals surface area contributed by atoms with Gasteiger partial charge in [0.25, 0.3) is 0 Å². The van der Waals surface area contributed by atoms with Crippen LogP contribution in [0.25, 0.3) is 33.1 Å². The van der Waals surface area contributed by atoms with Gasteiger partial charge in [0.05, 0.1) is 5.56 Å². The third-order valence-electron chi connectivity index (χ3n) is 4.44. The Balaban J connectivity index is 1.87. The van der Waals surface area contributed by atoms with Crippen LogP contribution in [0, 0.1) is 0 Å². The van der Waals surface area contributed by atoms with Crippen LogP contribution in [0.4, 0.5) is 0 Å². The second-order valence-electron chi connectivity index (χ2n) is 6.86. The van der Waals surface area contributed by atoms with Crippen molar-refractivity contribution in [1.82, 2.24) is 0 Å². The maximum atomic E-state index is 12.6. The first-order chi connectivity index (χ1) is 13.9. The summed E-state index contributed by atoms with van der Waals surface area (Å²) < 4.78 is 17.3. The largest absolute Gasteiger partial charge is 0.489 e. The third kappa shape index (κ3) is 4.03. The molecule has 0 spiro atoms. The molecule has 0 aliphatic rings. The van der Waals surface area contributed by atoms with E-state index in [2.05, 4.69) is 15.9 Å². The third-order valence-corrected chi connectivity index (χ3v) is 4.94. The van der Waals surface area contributed by atoms with Crippen molar-refractivity contribution in [1.29, 1.82) is 0 Å². The average molecular weight is 453 g/mol. The highest BCUT2D eigenvalue weighted by Crippen LogP contribution is 2.30. The van der Waals surface area contributed by atoms with Crippen molar-refractivity contribution in [2.24, 2.45) is 0 Å². The van der Waals surface area contributed by atoms with E-state index in [9.17, 15) is 9.59 Å². The van der Waals surface area contributed by atoms with Crippen LogP contribution in [0.1, 0.15) is 13.8 Å². The van der Waals surface area contributed by atoms with Gasteiger partial charge in [0.2, 0.25) is 0 Å². The van der Waals surface area contributed by atoms with Gasteiger partial charge in [-0.1, -0.05) is 21.5 Å². The van der Waals surface area contributed by atoms with E-state index in [1.165, 1.54) is 6.07 Å². The quantitative estimate of drug-likeness (QED) is 0.294. The first-order valence-corrected chi connectivity index (χ1v) is 9.78. The van der Waals surface area contributed by atoms with Gasteiger partial charge in [0.1, 0.15) is 23.5 Å². The minimum atomic E-state index is -0.553. The summed E-state index contributed by atoms with van der Waals surface area (Å²) in [6.45, 7) is 4.40. The fourth-order valence-corrected chi connectivity index (χ4v) is 3.42. The van der Waals surface area contributed by atoms with Gasteiger partial charge in [-0.3, -0.25) is 0 Å². The Kier molecular flexibility index (Phi) is 5.11. The number of hydrogen-bond acceptors (Lipinski definition) is 5. The van der Waals surface area contributed by atoms with Gasteiger partial charge in [-0.05, 0) is 56.3 Å². The number of rotatable bonds is 4. The summed E-state index contributed by atoms with van der Waals surface area (Å²) in [6, 6.07) is 13.6. The molecule has 2 aromatic carbocycles. The number of allylic oxidation sites excluding steroid dienone is 1. The maximum Gasteiger partial charge on any atom is 0.344 e. The average Bonchev–Trinajstić information content (AvgIpc) is 2.66. The summed E-state index contributed by atoms with van der Waals surface area (Å²) in [7, 11) is 0. The second-order valence-corrected chi connectivity index (χ2v) is 7.77. The molecule has 0 radical (unpaired) electrons. The molecule has 0 N–H and O–H groups in total. The van der Waals surface area contributed by atoms with Gasteiger partial charge < -0.3 is 13.6 Å². The molecule has 2 aromatic heterocycles. The van der Waals surface area contributed by atoms with Crippen LogP contribution in [0.15, 0.2) is 83.1 Å². The zero-order chi connectivity index (χ0) is 20.5. The zero-order valence-electron chi connectivity index (χ0n) is 15.8. The molecule has 0 bridgehead atoms. The minimum Gasteiger partial charge on any atom is -0.489 e. The lowest BCUT2D eigenvalue weighted by atomic mass is 10.0. The van der Waals surface area contributed by atoms with Crippen molar-refractivity contribution in [2.45, 2.75) is 13.8 Å². The predicted molar refractivity (Wildman–Crippen MR) is 117 cm³/mol. The van der Waals surface area contributed by atoms with E-state index in [0.717, 1.165) is 15.4 Å². The number of ether oxygens (including phenoxy) is 1. The molecule has 0 aliphatic heterocycles. The Labute approximate surface area is 174 Å². The van der Waals surface area contributed by atoms with Crippen LogP contribution in [-0.4, -0.2) is 6.61 Å². The molecule has 29 heavy (non-hydrogen) atoms. The standard InChI is InChI=1S/C23H17BrO5/c1-13(2)7-8-27-16-4-5-17-18(12-22(25)28-21(17)11-16)19-10-14-9-15(24)3-6-20(14)29-23(19)26/h3-7,9-12H,8H2,1-2H3. The summed E-state index contributed by atoms with van der Waals surface area (Å²) in [6.07, 6.45) is 1.95. The minimum absolute atomic E-state index is 0.298. The molecule has 2 heterocycles. The lowest BCUT2D eigenvalue weighted by molar-refractivity contribution is 0.361. The molecule has 4 aromatic rings. The van der Waals surface area contributed by atoms with Gasteiger partial charge in [-0.25, -0.2) is 9.59 Å². The Bertz CT molecular complexity index is 1370. The monoisotopic (exact) mass is 452 g/mol. The fraction of sp³-hybridized carbons (Fsp3) is 0.130. The normalized spacial score (nSPS) is 11.0. The summed E-state index contributed by atoms with van der Waals surface area (Å²) in [5.41, 5.74) is 1.65. The summed E-state index contributed by atoms with van der Waals surface area (Å²) >= 11 is 3.42. The van der Waals surface area contributed by atoms with E-state index in [-0.39, 0.29) is 0 Å². The van der Waals surface area contributed by atoms with Crippen molar-refractivity contribution in [3.05, 3.63) is 85.5 Å². The second kappa shape index (κ2) is 7.72. The van der Waals surface area contributed by atoms with E-state index in [1.807, 2.05) is 26.0 Å². The maximum absolute atomic E-state index is 12.6. The van der Waals surface area contributed by atoms with E-state index >= 15 is 0 Å². The fourth-order valence-electron chi connectivity index (χ4n) is 3.04. The molecule has 4 rings (SSSR count). The van der Waals surface area contributed by atoms with Gasteiger partial charge in [-0.15, -0.1) is 0 Å². The molecule has 6 heteroatoms. The Hall–Kier alpha value is -3.12. The van der Waals surface area contributed by atoms with E-state index < -0.39 is 11.3 Å². The molecule has 0 saturated heterocycles. The van der Waals surface area contributed by atoms with E-state index in [0.29, 0.717) is 40.0 Å². The molecule has 146 valence electrons. The summed E-state index contributed by atoms with van der Waals surface area (Å²) in [5.74, 6) is 0.574. The number of hydrogen-bond donors (Lipinski definition) is 0. The molecule has 5 nitrogen and oxygen atoms in total. The number of fused-ring (bicyclic) bond motifs is 2. The molecule has 0 aliphatic carbocycles. The highest BCUT2D eigenvalue weighted by atomic mass is 79.9.